The van der Waals surface area contributed by atoms with Gasteiger partial charge in [0.1, 0.15) is 23.8 Å². The molecule has 3 atom stereocenters. The molecule has 1 saturated heterocycles. The molecule has 2 aliphatic rings. The molecule has 3 N–H and O–H groups in total. The lowest BCUT2D eigenvalue weighted by atomic mass is 9.95. The third-order valence-electron chi connectivity index (χ3n) is 6.49. The second-order valence-corrected chi connectivity index (χ2v) is 9.62. The van der Waals surface area contributed by atoms with Crippen molar-refractivity contribution in [1.29, 1.82) is 0 Å². The number of benzene rings is 1. The topological polar surface area (TPSA) is 85.9 Å². The number of nitrogens with zero attached hydrogens (tertiary/aromatic N) is 3. The van der Waals surface area contributed by atoms with Crippen molar-refractivity contribution in [3.8, 4) is 0 Å². The standard InChI is InChI=1S/C23H26Cl2N6O/c1-13-19(30-22-18-6-7-26-21(18)27-12-28-22)3-2-8-31(13)23(32)20(14-4-5-14)29-17-10-15(24)9-16(25)11-17/h6-7,9-14,19-20,29H,2-5,8H2,1H3,(H2,26,27,28,30). The maximum atomic E-state index is 13.7. The van der Waals surface area contributed by atoms with Gasteiger partial charge in [-0.2, -0.15) is 0 Å². The lowest BCUT2D eigenvalue weighted by molar-refractivity contribution is -0.136. The second-order valence-electron chi connectivity index (χ2n) is 8.75. The van der Waals surface area contributed by atoms with E-state index in [-0.39, 0.29) is 24.0 Å². The van der Waals surface area contributed by atoms with Gasteiger partial charge in [0.15, 0.2) is 0 Å². The first-order valence-corrected chi connectivity index (χ1v) is 11.8. The normalized spacial score (nSPS) is 22.0. The number of carbonyl (C=O) groups excluding carboxylic acids is 1. The van der Waals surface area contributed by atoms with Crippen molar-refractivity contribution < 1.29 is 4.79 Å². The van der Waals surface area contributed by atoms with Crippen LogP contribution in [0.25, 0.3) is 11.0 Å². The summed E-state index contributed by atoms with van der Waals surface area (Å²) in [6.07, 6.45) is 7.43. The van der Waals surface area contributed by atoms with E-state index in [0.717, 1.165) is 54.8 Å². The number of halogens is 2. The van der Waals surface area contributed by atoms with Gasteiger partial charge in [0, 0.05) is 40.6 Å². The zero-order valence-electron chi connectivity index (χ0n) is 17.8. The molecular formula is C23H26Cl2N6O. The van der Waals surface area contributed by atoms with E-state index in [4.69, 9.17) is 23.2 Å². The highest BCUT2D eigenvalue weighted by atomic mass is 35.5. The predicted molar refractivity (Wildman–Crippen MR) is 128 cm³/mol. The van der Waals surface area contributed by atoms with Crippen molar-refractivity contribution in [2.75, 3.05) is 17.2 Å². The largest absolute Gasteiger partial charge is 0.373 e. The van der Waals surface area contributed by atoms with Crippen LogP contribution in [0, 0.1) is 5.92 Å². The zero-order chi connectivity index (χ0) is 22.2. The molecule has 1 amide bonds. The molecule has 0 radical (unpaired) electrons. The summed E-state index contributed by atoms with van der Waals surface area (Å²) >= 11 is 12.3. The Morgan fingerprint density at radius 2 is 1.97 bits per heavy atom. The van der Waals surface area contributed by atoms with Crippen molar-refractivity contribution in [2.24, 2.45) is 5.92 Å². The van der Waals surface area contributed by atoms with Gasteiger partial charge >= 0.3 is 0 Å². The van der Waals surface area contributed by atoms with Gasteiger partial charge in [-0.15, -0.1) is 0 Å². The average molecular weight is 473 g/mol. The molecule has 1 aromatic carbocycles. The number of fused-ring (bicyclic) bond motifs is 1. The molecule has 3 aromatic rings. The lowest BCUT2D eigenvalue weighted by Crippen LogP contribution is -2.56. The minimum Gasteiger partial charge on any atom is -0.373 e. The Balaban J connectivity index is 1.33. The van der Waals surface area contributed by atoms with Crippen LogP contribution in [0.2, 0.25) is 10.0 Å². The molecule has 0 bridgehead atoms. The number of amides is 1. The van der Waals surface area contributed by atoms with Crippen LogP contribution in [-0.4, -0.2) is 50.4 Å². The van der Waals surface area contributed by atoms with Crippen LogP contribution in [0.4, 0.5) is 11.5 Å². The number of aromatic nitrogens is 3. The van der Waals surface area contributed by atoms with E-state index < -0.39 is 0 Å². The summed E-state index contributed by atoms with van der Waals surface area (Å²) in [5.41, 5.74) is 1.58. The van der Waals surface area contributed by atoms with Gasteiger partial charge in [0.05, 0.1) is 5.39 Å². The van der Waals surface area contributed by atoms with E-state index in [9.17, 15) is 4.79 Å². The van der Waals surface area contributed by atoms with Crippen LogP contribution < -0.4 is 10.6 Å². The minimum absolute atomic E-state index is 0.0335. The Morgan fingerprint density at radius 3 is 2.72 bits per heavy atom. The molecule has 2 aromatic heterocycles. The van der Waals surface area contributed by atoms with Gasteiger partial charge in [-0.1, -0.05) is 23.2 Å². The van der Waals surface area contributed by atoms with Gasteiger partial charge in [-0.3, -0.25) is 4.79 Å². The Hall–Kier alpha value is -2.51. The molecule has 1 saturated carbocycles. The molecule has 32 heavy (non-hydrogen) atoms. The van der Waals surface area contributed by atoms with Crippen LogP contribution in [0.5, 0.6) is 0 Å². The first kappa shape index (κ1) is 21.3. The maximum Gasteiger partial charge on any atom is 0.245 e. The summed E-state index contributed by atoms with van der Waals surface area (Å²) in [6.45, 7) is 2.87. The number of anilines is 2. The Morgan fingerprint density at radius 1 is 1.19 bits per heavy atom. The van der Waals surface area contributed by atoms with Gasteiger partial charge < -0.3 is 20.5 Å². The number of H-pyrrole nitrogens is 1. The molecule has 1 aliphatic heterocycles. The van der Waals surface area contributed by atoms with Gasteiger partial charge in [-0.05, 0) is 62.8 Å². The lowest BCUT2D eigenvalue weighted by Gasteiger charge is -2.41. The van der Waals surface area contributed by atoms with E-state index in [2.05, 4.69) is 32.5 Å². The summed E-state index contributed by atoms with van der Waals surface area (Å²) in [6, 6.07) is 7.17. The molecule has 5 rings (SSSR count). The first-order valence-electron chi connectivity index (χ1n) is 11.1. The van der Waals surface area contributed by atoms with E-state index in [1.165, 1.54) is 0 Å². The van der Waals surface area contributed by atoms with Crippen LogP contribution in [0.1, 0.15) is 32.6 Å². The summed E-state index contributed by atoms with van der Waals surface area (Å²) in [5.74, 6) is 1.27. The zero-order valence-corrected chi connectivity index (χ0v) is 19.3. The fraction of sp³-hybridized carbons (Fsp3) is 0.435. The first-order chi connectivity index (χ1) is 15.5. The van der Waals surface area contributed by atoms with E-state index in [1.54, 1.807) is 12.4 Å². The molecule has 3 heterocycles. The van der Waals surface area contributed by atoms with Gasteiger partial charge in [0.2, 0.25) is 5.91 Å². The smallest absolute Gasteiger partial charge is 0.245 e. The number of hydrogen-bond donors (Lipinski definition) is 3. The third kappa shape index (κ3) is 4.36. The number of likely N-dealkylation sites (tertiary alicyclic amines) is 1. The van der Waals surface area contributed by atoms with Crippen LogP contribution in [0.15, 0.2) is 36.8 Å². The number of carbonyl (C=O) groups is 1. The molecule has 9 heteroatoms. The van der Waals surface area contributed by atoms with Crippen molar-refractivity contribution in [3.63, 3.8) is 0 Å². The van der Waals surface area contributed by atoms with Crippen molar-refractivity contribution in [2.45, 2.75) is 50.7 Å². The SMILES string of the molecule is CC1C(Nc2ncnc3[nH]ccc23)CCCN1C(=O)C(Nc1cc(Cl)cc(Cl)c1)C1CC1. The van der Waals surface area contributed by atoms with Crippen LogP contribution in [0.3, 0.4) is 0 Å². The molecule has 168 valence electrons. The number of rotatable bonds is 6. The highest BCUT2D eigenvalue weighted by Gasteiger charge is 2.41. The number of hydrogen-bond acceptors (Lipinski definition) is 5. The fourth-order valence-corrected chi connectivity index (χ4v) is 5.14. The van der Waals surface area contributed by atoms with Crippen molar-refractivity contribution in [3.05, 3.63) is 46.8 Å². The molecule has 7 nitrogen and oxygen atoms in total. The molecule has 0 spiro atoms. The second kappa shape index (κ2) is 8.79. The van der Waals surface area contributed by atoms with Gasteiger partial charge in [0.25, 0.3) is 0 Å². The molecular weight excluding hydrogens is 447 g/mol. The van der Waals surface area contributed by atoms with Crippen LogP contribution >= 0.6 is 23.2 Å². The maximum absolute atomic E-state index is 13.7. The molecule has 1 aliphatic carbocycles. The van der Waals surface area contributed by atoms with Gasteiger partial charge in [-0.25, -0.2) is 9.97 Å². The van der Waals surface area contributed by atoms with Crippen LogP contribution in [-0.2, 0) is 4.79 Å². The number of piperidine rings is 1. The summed E-state index contributed by atoms with van der Waals surface area (Å²) in [7, 11) is 0. The number of nitrogens with one attached hydrogen (secondary N) is 3. The fourth-order valence-electron chi connectivity index (χ4n) is 4.62. The van der Waals surface area contributed by atoms with Crippen molar-refractivity contribution in [1.82, 2.24) is 19.9 Å². The summed E-state index contributed by atoms with van der Waals surface area (Å²) in [5, 5.41) is 9.06. The molecule has 2 fully saturated rings. The van der Waals surface area contributed by atoms with E-state index in [1.807, 2.05) is 29.3 Å². The monoisotopic (exact) mass is 472 g/mol. The molecule has 3 unspecified atom stereocenters. The van der Waals surface area contributed by atoms with Crippen molar-refractivity contribution >= 4 is 51.6 Å². The quantitative estimate of drug-likeness (QED) is 0.472. The average Bonchev–Trinajstić information content (AvgIpc) is 3.48. The predicted octanol–water partition coefficient (Wildman–Crippen LogP) is 4.95. The van der Waals surface area contributed by atoms with E-state index >= 15 is 0 Å². The Bertz CT molecular complexity index is 1110. The highest BCUT2D eigenvalue weighted by molar-refractivity contribution is 6.35. The highest BCUT2D eigenvalue weighted by Crippen LogP contribution is 2.37. The summed E-state index contributed by atoms with van der Waals surface area (Å²) < 4.78 is 0. The van der Waals surface area contributed by atoms with E-state index in [0.29, 0.717) is 16.0 Å². The Labute approximate surface area is 196 Å². The Kier molecular flexibility index (Phi) is 5.86. The summed E-state index contributed by atoms with van der Waals surface area (Å²) in [4.78, 5) is 27.5. The minimum atomic E-state index is -0.277. The third-order valence-corrected chi connectivity index (χ3v) is 6.93. The number of aromatic amines is 1.